The number of nitrogens with one attached hydrogen (secondary N) is 1. The molecule has 0 aliphatic heterocycles. The van der Waals surface area contributed by atoms with Gasteiger partial charge in [-0.1, -0.05) is 18.5 Å². The maximum atomic E-state index is 11.5. The van der Waals surface area contributed by atoms with E-state index in [1.165, 1.54) is 0 Å². The summed E-state index contributed by atoms with van der Waals surface area (Å²) >= 11 is 0. The summed E-state index contributed by atoms with van der Waals surface area (Å²) in [6, 6.07) is -0.542. The molecule has 0 spiro atoms. The smallest absolute Gasteiger partial charge is 0.254 e. The molecule has 1 rings (SSSR count). The van der Waals surface area contributed by atoms with Crippen LogP contribution in [0.3, 0.4) is 0 Å². The van der Waals surface area contributed by atoms with E-state index in [2.05, 4.69) is 10.5 Å². The third-order valence-electron chi connectivity index (χ3n) is 2.08. The van der Waals surface area contributed by atoms with Gasteiger partial charge in [0, 0.05) is 0 Å². The highest BCUT2D eigenvalue weighted by Gasteiger charge is 2.17. The number of amides is 1. The van der Waals surface area contributed by atoms with Gasteiger partial charge in [0.25, 0.3) is 5.88 Å². The largest absolute Gasteiger partial charge is 0.393 e. The number of carbonyl (C=O) groups is 1. The highest BCUT2D eigenvalue weighted by molar-refractivity contribution is 5.95. The Hall–Kier alpha value is -1.56. The van der Waals surface area contributed by atoms with Gasteiger partial charge in [-0.15, -0.1) is 0 Å². The van der Waals surface area contributed by atoms with E-state index >= 15 is 0 Å². The number of hydrogen-bond donors (Lipinski definition) is 3. The van der Waals surface area contributed by atoms with Crippen LogP contribution in [0.2, 0.25) is 0 Å². The highest BCUT2D eigenvalue weighted by Crippen LogP contribution is 2.21. The first-order valence-electron chi connectivity index (χ1n) is 4.84. The predicted octanol–water partition coefficient (Wildman–Crippen LogP) is 0.631. The second-order valence-electron chi connectivity index (χ2n) is 3.40. The monoisotopic (exact) mass is 212 g/mol. The van der Waals surface area contributed by atoms with Crippen LogP contribution in [0.15, 0.2) is 4.52 Å². The Morgan fingerprint density at radius 3 is 2.80 bits per heavy atom. The van der Waals surface area contributed by atoms with Crippen LogP contribution < -0.4 is 16.8 Å². The van der Waals surface area contributed by atoms with Crippen molar-refractivity contribution < 1.29 is 9.32 Å². The van der Waals surface area contributed by atoms with Gasteiger partial charge in [-0.2, -0.15) is 0 Å². The molecular formula is C9H16N4O2. The maximum Gasteiger partial charge on any atom is 0.254 e. The van der Waals surface area contributed by atoms with Crippen molar-refractivity contribution in [3.8, 4) is 0 Å². The lowest BCUT2D eigenvalue weighted by Gasteiger charge is -2.08. The van der Waals surface area contributed by atoms with Gasteiger partial charge in [0.05, 0.1) is 6.04 Å². The fraction of sp³-hybridized carbons (Fsp3) is 0.556. The number of rotatable bonds is 4. The summed E-state index contributed by atoms with van der Waals surface area (Å²) in [5.41, 5.74) is 12.1. The van der Waals surface area contributed by atoms with Crippen molar-refractivity contribution in [2.24, 2.45) is 5.73 Å². The molecule has 6 nitrogen and oxygen atoms in total. The molecule has 1 atom stereocenters. The van der Waals surface area contributed by atoms with Crippen molar-refractivity contribution in [3.05, 3.63) is 5.69 Å². The minimum atomic E-state index is -0.542. The molecule has 0 aliphatic carbocycles. The van der Waals surface area contributed by atoms with Crippen LogP contribution in [0.4, 0.5) is 11.6 Å². The average Bonchev–Trinajstić information content (AvgIpc) is 2.50. The molecule has 0 unspecified atom stereocenters. The first-order chi connectivity index (χ1) is 7.06. The van der Waals surface area contributed by atoms with Crippen LogP contribution in [0, 0.1) is 6.92 Å². The first kappa shape index (κ1) is 11.5. The lowest BCUT2D eigenvalue weighted by molar-refractivity contribution is -0.117. The minimum Gasteiger partial charge on any atom is -0.393 e. The summed E-state index contributed by atoms with van der Waals surface area (Å²) in [5, 5.41) is 6.12. The van der Waals surface area contributed by atoms with E-state index in [4.69, 9.17) is 16.0 Å². The zero-order chi connectivity index (χ0) is 11.4. The third kappa shape index (κ3) is 2.69. The number of nitrogen functional groups attached to an aromatic ring is 1. The molecule has 6 heteroatoms. The van der Waals surface area contributed by atoms with Gasteiger partial charge in [-0.3, -0.25) is 10.1 Å². The van der Waals surface area contributed by atoms with Gasteiger partial charge >= 0.3 is 0 Å². The van der Waals surface area contributed by atoms with Crippen molar-refractivity contribution in [1.82, 2.24) is 5.16 Å². The van der Waals surface area contributed by atoms with E-state index in [1.54, 1.807) is 6.92 Å². The van der Waals surface area contributed by atoms with Crippen LogP contribution >= 0.6 is 0 Å². The van der Waals surface area contributed by atoms with Gasteiger partial charge in [0.2, 0.25) is 5.91 Å². The molecule has 0 fully saturated rings. The van der Waals surface area contributed by atoms with Crippen molar-refractivity contribution in [2.75, 3.05) is 11.1 Å². The number of hydrogen-bond acceptors (Lipinski definition) is 5. The summed E-state index contributed by atoms with van der Waals surface area (Å²) < 4.78 is 4.83. The molecule has 5 N–H and O–H groups in total. The fourth-order valence-corrected chi connectivity index (χ4v) is 1.11. The number of carbonyl (C=O) groups excluding carboxylic acids is 1. The quantitative estimate of drug-likeness (QED) is 0.678. The van der Waals surface area contributed by atoms with Gasteiger partial charge < -0.3 is 16.0 Å². The van der Waals surface area contributed by atoms with Crippen LogP contribution in [0.5, 0.6) is 0 Å². The molecule has 0 radical (unpaired) electrons. The molecule has 84 valence electrons. The van der Waals surface area contributed by atoms with Crippen LogP contribution in [-0.2, 0) is 4.79 Å². The van der Waals surface area contributed by atoms with Crippen molar-refractivity contribution >= 4 is 17.5 Å². The molecule has 1 aromatic rings. The van der Waals surface area contributed by atoms with Crippen LogP contribution in [-0.4, -0.2) is 17.1 Å². The number of nitrogens with zero attached hydrogens (tertiary/aromatic N) is 1. The van der Waals surface area contributed by atoms with E-state index in [-0.39, 0.29) is 11.8 Å². The number of aryl methyl sites for hydroxylation is 1. The zero-order valence-electron chi connectivity index (χ0n) is 8.91. The summed E-state index contributed by atoms with van der Waals surface area (Å²) in [5.74, 6) is -0.135. The minimum absolute atomic E-state index is 0.170. The molecule has 0 saturated heterocycles. The SMILES string of the molecule is CCC[C@H](N)C(=O)Nc1onc(C)c1N. The lowest BCUT2D eigenvalue weighted by atomic mass is 10.2. The standard InChI is InChI=1S/C9H16N4O2/c1-3-4-6(10)8(14)12-9-7(11)5(2)13-15-9/h6H,3-4,10-11H2,1-2H3,(H,12,14)/t6-/m0/s1. The van der Waals surface area contributed by atoms with E-state index in [1.807, 2.05) is 6.92 Å². The van der Waals surface area contributed by atoms with Crippen LogP contribution in [0.25, 0.3) is 0 Å². The van der Waals surface area contributed by atoms with Gasteiger partial charge in [-0.25, -0.2) is 0 Å². The summed E-state index contributed by atoms with van der Waals surface area (Å²) in [6.07, 6.45) is 1.47. The Bertz CT molecular complexity index is 348. The Morgan fingerprint density at radius 2 is 2.33 bits per heavy atom. The van der Waals surface area contributed by atoms with Gasteiger partial charge in [0.15, 0.2) is 0 Å². The Labute approximate surface area is 88.0 Å². The van der Waals surface area contributed by atoms with Crippen LogP contribution in [0.1, 0.15) is 25.5 Å². The van der Waals surface area contributed by atoms with Gasteiger partial charge in [0.1, 0.15) is 11.4 Å². The van der Waals surface area contributed by atoms with Gasteiger partial charge in [-0.05, 0) is 13.3 Å². The molecular weight excluding hydrogens is 196 g/mol. The number of nitrogens with two attached hydrogens (primary N) is 2. The number of anilines is 2. The van der Waals surface area contributed by atoms with E-state index < -0.39 is 6.04 Å². The molecule has 0 saturated carbocycles. The van der Waals surface area contributed by atoms with Crippen molar-refractivity contribution in [1.29, 1.82) is 0 Å². The Balaban J connectivity index is 2.62. The third-order valence-corrected chi connectivity index (χ3v) is 2.08. The molecule has 1 amide bonds. The normalized spacial score (nSPS) is 12.5. The molecule has 1 heterocycles. The second kappa shape index (κ2) is 4.79. The first-order valence-corrected chi connectivity index (χ1v) is 4.84. The second-order valence-corrected chi connectivity index (χ2v) is 3.40. The van der Waals surface area contributed by atoms with E-state index in [9.17, 15) is 4.79 Å². The number of aromatic nitrogens is 1. The van der Waals surface area contributed by atoms with Crippen molar-refractivity contribution in [2.45, 2.75) is 32.7 Å². The average molecular weight is 212 g/mol. The molecule has 0 bridgehead atoms. The Kier molecular flexibility index (Phi) is 3.68. The topological polar surface area (TPSA) is 107 Å². The summed E-state index contributed by atoms with van der Waals surface area (Å²) in [4.78, 5) is 11.5. The fourth-order valence-electron chi connectivity index (χ4n) is 1.11. The highest BCUT2D eigenvalue weighted by atomic mass is 16.5. The maximum absolute atomic E-state index is 11.5. The molecule has 15 heavy (non-hydrogen) atoms. The van der Waals surface area contributed by atoms with E-state index in [0.717, 1.165) is 6.42 Å². The zero-order valence-corrected chi connectivity index (χ0v) is 8.91. The van der Waals surface area contributed by atoms with E-state index in [0.29, 0.717) is 17.8 Å². The van der Waals surface area contributed by atoms with Crippen molar-refractivity contribution in [3.63, 3.8) is 0 Å². The summed E-state index contributed by atoms with van der Waals surface area (Å²) in [6.45, 7) is 3.65. The Morgan fingerprint density at radius 1 is 1.67 bits per heavy atom. The summed E-state index contributed by atoms with van der Waals surface area (Å²) in [7, 11) is 0. The lowest BCUT2D eigenvalue weighted by Crippen LogP contribution is -2.35. The molecule has 1 aromatic heterocycles. The molecule has 0 aromatic carbocycles. The predicted molar refractivity (Wildman–Crippen MR) is 57.2 cm³/mol. The molecule has 0 aliphatic rings.